The van der Waals surface area contributed by atoms with Gasteiger partial charge in [-0.05, 0) is 43.2 Å². The number of nitrogens with zero attached hydrogens (tertiary/aromatic N) is 4. The number of anilines is 1. The predicted molar refractivity (Wildman–Crippen MR) is 137 cm³/mol. The van der Waals surface area contributed by atoms with Crippen LogP contribution in [0.1, 0.15) is 12.8 Å². The molecule has 3 aromatic heterocycles. The Hall–Kier alpha value is -4.44. The summed E-state index contributed by atoms with van der Waals surface area (Å²) < 4.78 is 1.60. The third-order valence-electron chi connectivity index (χ3n) is 6.70. The molecule has 4 heterocycles. The first-order valence-electron chi connectivity index (χ1n) is 11.9. The van der Waals surface area contributed by atoms with Gasteiger partial charge in [-0.3, -0.25) is 19.3 Å². The zero-order chi connectivity index (χ0) is 24.6. The number of likely N-dealkylation sites (tertiary alicyclic amines) is 1. The molecule has 182 valence electrons. The standard InChI is InChI=1S/C26H25N7O3/c34-17-8-11-32(12-9-17)23(35)14-28-25-24(19-7-10-27-20-4-2-1-3-18(19)20)33(26(36)31-25)16-5-6-21-22(13-16)30-15-29-21/h1-7,10,13,15,17,28,34H,8-9,11-12,14H2,(H,29,30)(H,31,36). The van der Waals surface area contributed by atoms with Crippen LogP contribution < -0.4 is 11.0 Å². The van der Waals surface area contributed by atoms with Gasteiger partial charge in [0, 0.05) is 30.2 Å². The molecule has 5 aromatic rings. The van der Waals surface area contributed by atoms with Crippen LogP contribution in [0.2, 0.25) is 0 Å². The number of imidazole rings is 2. The van der Waals surface area contributed by atoms with Crippen molar-refractivity contribution in [3.05, 3.63) is 71.5 Å². The molecule has 0 unspecified atom stereocenters. The Labute approximate surface area is 205 Å². The molecule has 1 aliphatic rings. The largest absolute Gasteiger partial charge is 0.393 e. The molecule has 0 radical (unpaired) electrons. The second-order valence-corrected chi connectivity index (χ2v) is 8.93. The van der Waals surface area contributed by atoms with E-state index in [-0.39, 0.29) is 24.2 Å². The molecular formula is C26H25N7O3. The van der Waals surface area contributed by atoms with Crippen LogP contribution in [0.4, 0.5) is 5.82 Å². The summed E-state index contributed by atoms with van der Waals surface area (Å²) >= 11 is 0. The first kappa shape index (κ1) is 22.1. The highest BCUT2D eigenvalue weighted by molar-refractivity contribution is 5.97. The number of carbonyl (C=O) groups excluding carboxylic acids is 1. The lowest BCUT2D eigenvalue weighted by Crippen LogP contribution is -2.42. The van der Waals surface area contributed by atoms with E-state index in [0.29, 0.717) is 43.1 Å². The Morgan fingerprint density at radius 3 is 2.78 bits per heavy atom. The maximum absolute atomic E-state index is 13.3. The van der Waals surface area contributed by atoms with E-state index in [1.807, 2.05) is 48.5 Å². The summed E-state index contributed by atoms with van der Waals surface area (Å²) in [4.78, 5) is 42.7. The number of pyridine rings is 1. The normalized spacial score (nSPS) is 14.5. The maximum atomic E-state index is 13.3. The van der Waals surface area contributed by atoms with Crippen LogP contribution in [-0.2, 0) is 4.79 Å². The van der Waals surface area contributed by atoms with Crippen molar-refractivity contribution in [2.45, 2.75) is 18.9 Å². The van der Waals surface area contributed by atoms with Crippen molar-refractivity contribution in [1.82, 2.24) is 29.4 Å². The van der Waals surface area contributed by atoms with Gasteiger partial charge in [-0.2, -0.15) is 0 Å². The van der Waals surface area contributed by atoms with Crippen LogP contribution >= 0.6 is 0 Å². The molecule has 6 rings (SSSR count). The molecule has 10 heteroatoms. The molecule has 0 aliphatic carbocycles. The number of hydrogen-bond donors (Lipinski definition) is 4. The van der Waals surface area contributed by atoms with Gasteiger partial charge >= 0.3 is 5.69 Å². The summed E-state index contributed by atoms with van der Waals surface area (Å²) in [6.07, 6.45) is 4.12. The highest BCUT2D eigenvalue weighted by atomic mass is 16.3. The molecule has 0 spiro atoms. The van der Waals surface area contributed by atoms with E-state index in [1.54, 1.807) is 22.0 Å². The molecule has 1 aliphatic heterocycles. The van der Waals surface area contributed by atoms with Gasteiger partial charge in [-0.25, -0.2) is 9.78 Å². The summed E-state index contributed by atoms with van der Waals surface area (Å²) in [6, 6.07) is 15.2. The highest BCUT2D eigenvalue weighted by Crippen LogP contribution is 2.33. The van der Waals surface area contributed by atoms with Gasteiger partial charge in [-0.1, -0.05) is 18.2 Å². The van der Waals surface area contributed by atoms with Crippen molar-refractivity contribution in [1.29, 1.82) is 0 Å². The second kappa shape index (κ2) is 8.97. The van der Waals surface area contributed by atoms with Crippen LogP contribution in [-0.4, -0.2) is 66.2 Å². The average molecular weight is 484 g/mol. The molecule has 0 bridgehead atoms. The van der Waals surface area contributed by atoms with Crippen molar-refractivity contribution in [3.63, 3.8) is 0 Å². The number of aromatic amines is 2. The molecule has 1 saturated heterocycles. The van der Waals surface area contributed by atoms with E-state index in [0.717, 1.165) is 27.5 Å². The SMILES string of the molecule is O=C(CNc1[nH]c(=O)n(-c2ccc3nc[nH]c3c2)c1-c1ccnc2ccccc12)N1CCC(O)CC1. The number of aromatic nitrogens is 5. The van der Waals surface area contributed by atoms with Gasteiger partial charge in [0.1, 0.15) is 5.82 Å². The van der Waals surface area contributed by atoms with E-state index in [4.69, 9.17) is 0 Å². The van der Waals surface area contributed by atoms with E-state index < -0.39 is 0 Å². The summed E-state index contributed by atoms with van der Waals surface area (Å²) in [5.74, 6) is 0.367. The lowest BCUT2D eigenvalue weighted by Gasteiger charge is -2.29. The molecule has 4 N–H and O–H groups in total. The molecule has 2 aromatic carbocycles. The van der Waals surface area contributed by atoms with Crippen LogP contribution in [0.25, 0.3) is 38.9 Å². The number of fused-ring (bicyclic) bond motifs is 2. The zero-order valence-corrected chi connectivity index (χ0v) is 19.4. The molecule has 1 fully saturated rings. The number of para-hydroxylation sites is 1. The van der Waals surface area contributed by atoms with Crippen LogP contribution in [0.5, 0.6) is 0 Å². The number of benzene rings is 2. The number of carbonyl (C=O) groups is 1. The summed E-state index contributed by atoms with van der Waals surface area (Å²) in [5, 5.41) is 13.8. The minimum Gasteiger partial charge on any atom is -0.393 e. The highest BCUT2D eigenvalue weighted by Gasteiger charge is 2.24. The van der Waals surface area contributed by atoms with Crippen molar-refractivity contribution in [2.75, 3.05) is 25.0 Å². The Morgan fingerprint density at radius 1 is 1.08 bits per heavy atom. The van der Waals surface area contributed by atoms with Crippen molar-refractivity contribution < 1.29 is 9.90 Å². The number of amides is 1. The van der Waals surface area contributed by atoms with Gasteiger partial charge in [0.15, 0.2) is 0 Å². The zero-order valence-electron chi connectivity index (χ0n) is 19.4. The Balaban J connectivity index is 1.45. The maximum Gasteiger partial charge on any atom is 0.332 e. The fourth-order valence-corrected chi connectivity index (χ4v) is 4.82. The Kier molecular flexibility index (Phi) is 5.49. The van der Waals surface area contributed by atoms with Crippen molar-refractivity contribution in [2.24, 2.45) is 0 Å². The summed E-state index contributed by atoms with van der Waals surface area (Å²) in [5.41, 5.74) is 4.15. The van der Waals surface area contributed by atoms with E-state index in [9.17, 15) is 14.7 Å². The molecule has 1 amide bonds. The Bertz CT molecular complexity index is 1620. The monoisotopic (exact) mass is 483 g/mol. The minimum atomic E-state index is -0.355. The van der Waals surface area contributed by atoms with Gasteiger partial charge in [0.2, 0.25) is 5.91 Å². The average Bonchev–Trinajstić information content (AvgIpc) is 3.50. The third kappa shape index (κ3) is 3.91. The van der Waals surface area contributed by atoms with E-state index >= 15 is 0 Å². The topological polar surface area (TPSA) is 132 Å². The first-order valence-corrected chi connectivity index (χ1v) is 11.9. The minimum absolute atomic E-state index is 0.0195. The lowest BCUT2D eigenvalue weighted by atomic mass is 10.1. The van der Waals surface area contributed by atoms with E-state index in [1.165, 1.54) is 0 Å². The fraction of sp³-hybridized carbons (Fsp3) is 0.231. The van der Waals surface area contributed by atoms with Crippen LogP contribution in [0, 0.1) is 0 Å². The Morgan fingerprint density at radius 2 is 1.92 bits per heavy atom. The van der Waals surface area contributed by atoms with Crippen molar-refractivity contribution >= 4 is 33.7 Å². The van der Waals surface area contributed by atoms with Gasteiger partial charge in [-0.15, -0.1) is 0 Å². The number of aliphatic hydroxyl groups is 1. The summed E-state index contributed by atoms with van der Waals surface area (Å²) in [7, 11) is 0. The molecule has 0 atom stereocenters. The second-order valence-electron chi connectivity index (χ2n) is 8.93. The molecule has 0 saturated carbocycles. The summed E-state index contributed by atoms with van der Waals surface area (Å²) in [6.45, 7) is 1.06. The lowest BCUT2D eigenvalue weighted by molar-refractivity contribution is -0.131. The molecule has 36 heavy (non-hydrogen) atoms. The number of hydrogen-bond acceptors (Lipinski definition) is 6. The van der Waals surface area contributed by atoms with Crippen molar-refractivity contribution in [3.8, 4) is 16.9 Å². The smallest absolute Gasteiger partial charge is 0.332 e. The fourth-order valence-electron chi connectivity index (χ4n) is 4.82. The number of H-pyrrole nitrogens is 2. The number of piperidine rings is 1. The van der Waals surface area contributed by atoms with Crippen LogP contribution in [0.15, 0.2) is 65.8 Å². The number of nitrogens with one attached hydrogen (secondary N) is 3. The number of aliphatic hydroxyl groups excluding tert-OH is 1. The van der Waals surface area contributed by atoms with E-state index in [2.05, 4.69) is 25.3 Å². The third-order valence-corrected chi connectivity index (χ3v) is 6.70. The molecular weight excluding hydrogens is 458 g/mol. The first-order chi connectivity index (χ1) is 17.6. The quantitative estimate of drug-likeness (QED) is 0.304. The van der Waals surface area contributed by atoms with Crippen LogP contribution in [0.3, 0.4) is 0 Å². The van der Waals surface area contributed by atoms with Gasteiger partial charge in [0.25, 0.3) is 0 Å². The predicted octanol–water partition coefficient (Wildman–Crippen LogP) is 2.65. The van der Waals surface area contributed by atoms with Gasteiger partial charge < -0.3 is 20.3 Å². The number of rotatable bonds is 5. The van der Waals surface area contributed by atoms with Gasteiger partial charge in [0.05, 0.1) is 46.9 Å². The molecule has 10 nitrogen and oxygen atoms in total.